The van der Waals surface area contributed by atoms with Gasteiger partial charge in [0, 0.05) is 5.69 Å². The van der Waals surface area contributed by atoms with Gasteiger partial charge in [0.25, 0.3) is 0 Å². The summed E-state index contributed by atoms with van der Waals surface area (Å²) >= 11 is 0. The van der Waals surface area contributed by atoms with Crippen LogP contribution >= 0.6 is 0 Å². The molecule has 0 aliphatic carbocycles. The number of anilines is 1. The Morgan fingerprint density at radius 3 is 2.80 bits per heavy atom. The van der Waals surface area contributed by atoms with Crippen LogP contribution in [-0.4, -0.2) is 30.3 Å². The summed E-state index contributed by atoms with van der Waals surface area (Å²) in [5, 5.41) is 20.2. The molecular formula is C8H11BN2O4. The van der Waals surface area contributed by atoms with Gasteiger partial charge in [-0.15, -0.1) is 0 Å². The molecule has 0 fully saturated rings. The molecule has 4 N–H and O–H groups in total. The van der Waals surface area contributed by atoms with Crippen molar-refractivity contribution in [2.45, 2.75) is 0 Å². The lowest BCUT2D eigenvalue weighted by atomic mass is 9.80. The predicted octanol–water partition coefficient (Wildman–Crippen LogP) is -0.951. The van der Waals surface area contributed by atoms with Gasteiger partial charge >= 0.3 is 13.1 Å². The highest BCUT2D eigenvalue weighted by molar-refractivity contribution is 6.58. The minimum atomic E-state index is -1.56. The van der Waals surface area contributed by atoms with Crippen LogP contribution in [0.1, 0.15) is 0 Å². The molecule has 2 amide bonds. The first-order valence-corrected chi connectivity index (χ1v) is 4.19. The first kappa shape index (κ1) is 11.5. The molecule has 0 aliphatic rings. The Balaban J connectivity index is 2.69. The first-order chi connectivity index (χ1) is 7.13. The first-order valence-electron chi connectivity index (χ1n) is 4.19. The summed E-state index contributed by atoms with van der Waals surface area (Å²) in [7, 11) is -0.245. The number of urea groups is 1. The molecule has 15 heavy (non-hydrogen) atoms. The quantitative estimate of drug-likeness (QED) is 0.382. The van der Waals surface area contributed by atoms with Crippen LogP contribution in [0.15, 0.2) is 24.3 Å². The molecule has 1 rings (SSSR count). The van der Waals surface area contributed by atoms with Crippen LogP contribution in [0.3, 0.4) is 0 Å². The molecule has 1 aromatic rings. The van der Waals surface area contributed by atoms with Crippen molar-refractivity contribution >= 4 is 24.3 Å². The van der Waals surface area contributed by atoms with Crippen LogP contribution in [0, 0.1) is 0 Å². The molecule has 0 bridgehead atoms. The summed E-state index contributed by atoms with van der Waals surface area (Å²) in [5.41, 5.74) is 2.80. The van der Waals surface area contributed by atoms with Gasteiger partial charge < -0.3 is 15.4 Å². The van der Waals surface area contributed by atoms with Crippen LogP contribution in [0.2, 0.25) is 0 Å². The SMILES string of the molecule is CONC(=O)Nc1cccc(B(O)O)c1. The molecule has 0 saturated carbocycles. The second-order valence-corrected chi connectivity index (χ2v) is 2.76. The highest BCUT2D eigenvalue weighted by Crippen LogP contribution is 2.03. The number of benzene rings is 1. The van der Waals surface area contributed by atoms with E-state index in [1.165, 1.54) is 19.2 Å². The van der Waals surface area contributed by atoms with E-state index in [4.69, 9.17) is 10.0 Å². The van der Waals surface area contributed by atoms with Crippen molar-refractivity contribution in [3.63, 3.8) is 0 Å². The van der Waals surface area contributed by atoms with Crippen LogP contribution in [0.5, 0.6) is 0 Å². The van der Waals surface area contributed by atoms with E-state index in [1.807, 2.05) is 0 Å². The summed E-state index contributed by atoms with van der Waals surface area (Å²) < 4.78 is 0. The number of carbonyl (C=O) groups excluding carboxylic acids is 1. The fraction of sp³-hybridized carbons (Fsp3) is 0.125. The molecule has 1 aromatic carbocycles. The lowest BCUT2D eigenvalue weighted by Crippen LogP contribution is -2.31. The van der Waals surface area contributed by atoms with Crippen LogP contribution in [0.4, 0.5) is 10.5 Å². The molecule has 0 aromatic heterocycles. The Morgan fingerprint density at radius 1 is 1.47 bits per heavy atom. The van der Waals surface area contributed by atoms with Gasteiger partial charge in [-0.05, 0) is 17.6 Å². The average Bonchev–Trinajstić information content (AvgIpc) is 2.18. The van der Waals surface area contributed by atoms with Gasteiger partial charge in [0.15, 0.2) is 0 Å². The van der Waals surface area contributed by atoms with Crippen molar-refractivity contribution < 1.29 is 19.7 Å². The van der Waals surface area contributed by atoms with E-state index in [0.717, 1.165) is 0 Å². The van der Waals surface area contributed by atoms with Gasteiger partial charge in [-0.3, -0.25) is 4.84 Å². The molecule has 0 spiro atoms. The zero-order valence-corrected chi connectivity index (χ0v) is 8.10. The third kappa shape index (κ3) is 3.58. The summed E-state index contributed by atoms with van der Waals surface area (Å²) in [6, 6.07) is 5.64. The van der Waals surface area contributed by atoms with Crippen molar-refractivity contribution in [3.8, 4) is 0 Å². The van der Waals surface area contributed by atoms with E-state index in [1.54, 1.807) is 12.1 Å². The molecule has 0 atom stereocenters. The maximum atomic E-state index is 11.0. The van der Waals surface area contributed by atoms with Crippen LogP contribution in [0.25, 0.3) is 0 Å². The van der Waals surface area contributed by atoms with Gasteiger partial charge in [0.05, 0.1) is 7.11 Å². The van der Waals surface area contributed by atoms with E-state index in [0.29, 0.717) is 11.2 Å². The number of hydroxylamine groups is 1. The number of rotatable bonds is 3. The van der Waals surface area contributed by atoms with E-state index < -0.39 is 13.1 Å². The highest BCUT2D eigenvalue weighted by Gasteiger charge is 2.11. The predicted molar refractivity (Wildman–Crippen MR) is 55.4 cm³/mol. The minimum Gasteiger partial charge on any atom is -0.423 e. The van der Waals surface area contributed by atoms with Crippen LogP contribution in [-0.2, 0) is 4.84 Å². The normalized spacial score (nSPS) is 9.53. The summed E-state index contributed by atoms with van der Waals surface area (Å²) in [5.74, 6) is 0. The number of hydrogen-bond acceptors (Lipinski definition) is 4. The van der Waals surface area contributed by atoms with E-state index in [9.17, 15) is 4.79 Å². The van der Waals surface area contributed by atoms with Gasteiger partial charge in [0.1, 0.15) is 0 Å². The number of nitrogens with one attached hydrogen (secondary N) is 2. The largest absolute Gasteiger partial charge is 0.488 e. The summed E-state index contributed by atoms with van der Waals surface area (Å²) in [6.07, 6.45) is 0. The second-order valence-electron chi connectivity index (χ2n) is 2.76. The van der Waals surface area contributed by atoms with Crippen molar-refractivity contribution in [1.82, 2.24) is 5.48 Å². The van der Waals surface area contributed by atoms with Crippen molar-refractivity contribution in [3.05, 3.63) is 24.3 Å². The van der Waals surface area contributed by atoms with Crippen molar-refractivity contribution in [1.29, 1.82) is 0 Å². The second kappa shape index (κ2) is 5.35. The fourth-order valence-corrected chi connectivity index (χ4v) is 1.03. The summed E-state index contributed by atoms with van der Waals surface area (Å²) in [6.45, 7) is 0. The maximum absolute atomic E-state index is 11.0. The Bertz CT molecular complexity index is 345. The fourth-order valence-electron chi connectivity index (χ4n) is 1.03. The molecule has 0 aliphatic heterocycles. The molecule has 0 saturated heterocycles. The van der Waals surface area contributed by atoms with E-state index in [-0.39, 0.29) is 0 Å². The Labute approximate surface area is 87.0 Å². The molecule has 0 heterocycles. The topological polar surface area (TPSA) is 90.8 Å². The Morgan fingerprint density at radius 2 is 2.20 bits per heavy atom. The molecule has 80 valence electrons. The van der Waals surface area contributed by atoms with Gasteiger partial charge in [-0.2, -0.15) is 0 Å². The molecule has 6 nitrogen and oxygen atoms in total. The smallest absolute Gasteiger partial charge is 0.423 e. The zero-order valence-electron chi connectivity index (χ0n) is 8.10. The monoisotopic (exact) mass is 210 g/mol. The van der Waals surface area contributed by atoms with Gasteiger partial charge in [-0.1, -0.05) is 12.1 Å². The Hall–Kier alpha value is -1.57. The lowest BCUT2D eigenvalue weighted by molar-refractivity contribution is 0.114. The standard InChI is InChI=1S/C8H11BN2O4/c1-15-11-8(12)10-7-4-2-3-6(5-7)9(13)14/h2-5,13-14H,1H3,(H2,10,11,12). The van der Waals surface area contributed by atoms with Crippen molar-refractivity contribution in [2.75, 3.05) is 12.4 Å². The molecule has 0 radical (unpaired) electrons. The summed E-state index contributed by atoms with van der Waals surface area (Å²) in [4.78, 5) is 15.4. The molecular weight excluding hydrogens is 199 g/mol. The average molecular weight is 210 g/mol. The van der Waals surface area contributed by atoms with E-state index >= 15 is 0 Å². The van der Waals surface area contributed by atoms with E-state index in [2.05, 4.69) is 15.6 Å². The molecule has 0 unspecified atom stereocenters. The van der Waals surface area contributed by atoms with Crippen molar-refractivity contribution in [2.24, 2.45) is 0 Å². The number of hydrogen-bond donors (Lipinski definition) is 4. The molecule has 7 heteroatoms. The number of carbonyl (C=O) groups is 1. The minimum absolute atomic E-state index is 0.296. The number of amides is 2. The highest BCUT2D eigenvalue weighted by atomic mass is 16.6. The van der Waals surface area contributed by atoms with Gasteiger partial charge in [0.2, 0.25) is 0 Å². The maximum Gasteiger partial charge on any atom is 0.488 e. The lowest BCUT2D eigenvalue weighted by Gasteiger charge is -2.06. The van der Waals surface area contributed by atoms with Gasteiger partial charge in [-0.25, -0.2) is 10.3 Å². The third-order valence-corrected chi connectivity index (χ3v) is 1.64. The third-order valence-electron chi connectivity index (χ3n) is 1.64. The van der Waals surface area contributed by atoms with Crippen LogP contribution < -0.4 is 16.3 Å². The Kier molecular flexibility index (Phi) is 4.10. The zero-order chi connectivity index (χ0) is 11.3.